The fraction of sp³-hybridized carbons (Fsp3) is 0.125. The van der Waals surface area contributed by atoms with Crippen LogP contribution in [0.5, 0.6) is 0 Å². The molecule has 0 aliphatic heterocycles. The van der Waals surface area contributed by atoms with Gasteiger partial charge in [-0.1, -0.05) is 11.6 Å². The first kappa shape index (κ1) is 10.9. The SMILES string of the molecule is Cn1ccnc1Sc1ncnc(Cl)c1Br. The van der Waals surface area contributed by atoms with Crippen molar-refractivity contribution >= 4 is 39.3 Å². The second-order valence-corrected chi connectivity index (χ2v) is 4.81. The lowest BCUT2D eigenvalue weighted by atomic mass is 10.7. The highest BCUT2D eigenvalue weighted by Crippen LogP contribution is 2.33. The van der Waals surface area contributed by atoms with E-state index in [0.717, 1.165) is 10.2 Å². The number of imidazole rings is 1. The number of aromatic nitrogens is 4. The van der Waals surface area contributed by atoms with E-state index in [9.17, 15) is 0 Å². The predicted octanol–water partition coefficient (Wildman–Crippen LogP) is 2.78. The first-order valence-corrected chi connectivity index (χ1v) is 5.98. The molecule has 2 heterocycles. The molecule has 15 heavy (non-hydrogen) atoms. The first-order chi connectivity index (χ1) is 7.18. The molecule has 2 rings (SSSR count). The lowest BCUT2D eigenvalue weighted by Crippen LogP contribution is -1.91. The molecule has 0 radical (unpaired) electrons. The monoisotopic (exact) mass is 304 g/mol. The quantitative estimate of drug-likeness (QED) is 0.800. The molecule has 0 spiro atoms. The summed E-state index contributed by atoms with van der Waals surface area (Å²) in [6.07, 6.45) is 5.04. The van der Waals surface area contributed by atoms with Gasteiger partial charge in [-0.05, 0) is 27.7 Å². The zero-order valence-corrected chi connectivity index (χ0v) is 10.8. The van der Waals surface area contributed by atoms with E-state index in [4.69, 9.17) is 11.6 Å². The highest BCUT2D eigenvalue weighted by atomic mass is 79.9. The fourth-order valence-corrected chi connectivity index (χ4v) is 2.36. The standard InChI is InChI=1S/C8H6BrClN4S/c1-14-3-2-11-8(14)15-7-5(9)6(10)12-4-13-7/h2-4H,1H3. The van der Waals surface area contributed by atoms with Crippen molar-refractivity contribution in [1.82, 2.24) is 19.5 Å². The third kappa shape index (κ3) is 2.32. The van der Waals surface area contributed by atoms with Gasteiger partial charge in [-0.25, -0.2) is 15.0 Å². The molecule has 0 saturated heterocycles. The van der Waals surface area contributed by atoms with Crippen LogP contribution in [0.3, 0.4) is 0 Å². The highest BCUT2D eigenvalue weighted by Gasteiger charge is 2.10. The fourth-order valence-electron chi connectivity index (χ4n) is 0.941. The average Bonchev–Trinajstić information content (AvgIpc) is 2.60. The summed E-state index contributed by atoms with van der Waals surface area (Å²) in [7, 11) is 1.92. The van der Waals surface area contributed by atoms with Crippen molar-refractivity contribution < 1.29 is 0 Å². The van der Waals surface area contributed by atoms with Gasteiger partial charge in [0, 0.05) is 19.4 Å². The minimum Gasteiger partial charge on any atom is -0.329 e. The van der Waals surface area contributed by atoms with Gasteiger partial charge in [-0.3, -0.25) is 0 Å². The molecule has 2 aromatic heterocycles. The molecule has 7 heteroatoms. The zero-order valence-electron chi connectivity index (χ0n) is 7.69. The molecule has 0 saturated carbocycles. The highest BCUT2D eigenvalue weighted by molar-refractivity contribution is 9.10. The summed E-state index contributed by atoms with van der Waals surface area (Å²) < 4.78 is 2.60. The smallest absolute Gasteiger partial charge is 0.174 e. The van der Waals surface area contributed by atoms with Crippen LogP contribution in [0.2, 0.25) is 5.15 Å². The van der Waals surface area contributed by atoms with Crippen LogP contribution in [0.4, 0.5) is 0 Å². The van der Waals surface area contributed by atoms with Gasteiger partial charge in [0.1, 0.15) is 16.5 Å². The Morgan fingerprint density at radius 2 is 2.20 bits per heavy atom. The number of hydrogen-bond donors (Lipinski definition) is 0. The Morgan fingerprint density at radius 1 is 1.40 bits per heavy atom. The summed E-state index contributed by atoms with van der Waals surface area (Å²) in [6, 6.07) is 0. The van der Waals surface area contributed by atoms with Gasteiger partial charge in [0.05, 0.1) is 4.47 Å². The summed E-state index contributed by atoms with van der Waals surface area (Å²) in [4.78, 5) is 12.2. The molecule has 78 valence electrons. The topological polar surface area (TPSA) is 43.6 Å². The largest absolute Gasteiger partial charge is 0.329 e. The molecule has 0 unspecified atom stereocenters. The maximum absolute atomic E-state index is 5.86. The Labute approximate surface area is 104 Å². The first-order valence-electron chi connectivity index (χ1n) is 3.99. The lowest BCUT2D eigenvalue weighted by molar-refractivity contribution is 0.788. The number of aryl methyl sites for hydroxylation is 1. The van der Waals surface area contributed by atoms with Gasteiger partial charge in [0.2, 0.25) is 0 Å². The van der Waals surface area contributed by atoms with E-state index in [1.54, 1.807) is 6.20 Å². The van der Waals surface area contributed by atoms with Crippen LogP contribution < -0.4 is 0 Å². The van der Waals surface area contributed by atoms with Crippen LogP contribution in [-0.4, -0.2) is 19.5 Å². The third-order valence-corrected chi connectivity index (χ3v) is 4.29. The van der Waals surface area contributed by atoms with E-state index in [2.05, 4.69) is 30.9 Å². The molecule has 0 bridgehead atoms. The van der Waals surface area contributed by atoms with E-state index < -0.39 is 0 Å². The van der Waals surface area contributed by atoms with E-state index in [1.807, 2.05) is 17.8 Å². The van der Waals surface area contributed by atoms with Gasteiger partial charge in [-0.15, -0.1) is 0 Å². The minimum atomic E-state index is 0.404. The Hall–Kier alpha value is -0.590. The van der Waals surface area contributed by atoms with Crippen molar-refractivity contribution in [2.24, 2.45) is 7.05 Å². The Kier molecular flexibility index (Phi) is 3.28. The summed E-state index contributed by atoms with van der Waals surface area (Å²) in [5.41, 5.74) is 0. The van der Waals surface area contributed by atoms with Crippen LogP contribution in [0, 0.1) is 0 Å². The normalized spacial score (nSPS) is 10.6. The van der Waals surface area contributed by atoms with Crippen molar-refractivity contribution in [3.05, 3.63) is 28.3 Å². The van der Waals surface area contributed by atoms with Gasteiger partial charge in [0.25, 0.3) is 0 Å². The van der Waals surface area contributed by atoms with Gasteiger partial charge >= 0.3 is 0 Å². The van der Waals surface area contributed by atoms with Crippen LogP contribution >= 0.6 is 39.3 Å². The van der Waals surface area contributed by atoms with E-state index in [0.29, 0.717) is 9.63 Å². The molecule has 0 aliphatic carbocycles. The maximum Gasteiger partial charge on any atom is 0.174 e. The Bertz CT molecular complexity index is 487. The second kappa shape index (κ2) is 4.51. The third-order valence-electron chi connectivity index (χ3n) is 1.68. The number of nitrogens with zero attached hydrogens (tertiary/aromatic N) is 4. The summed E-state index contributed by atoms with van der Waals surface area (Å²) in [5, 5.41) is 2.01. The Morgan fingerprint density at radius 3 is 2.87 bits per heavy atom. The molecular formula is C8H6BrClN4S. The second-order valence-electron chi connectivity index (χ2n) is 2.71. The van der Waals surface area contributed by atoms with E-state index in [-0.39, 0.29) is 0 Å². The molecule has 0 N–H and O–H groups in total. The summed E-state index contributed by atoms with van der Waals surface area (Å²) in [5.74, 6) is 0. The molecule has 0 aliphatic rings. The van der Waals surface area contributed by atoms with Crippen LogP contribution in [0.1, 0.15) is 0 Å². The predicted molar refractivity (Wildman–Crippen MR) is 62.1 cm³/mol. The molecular weight excluding hydrogens is 300 g/mol. The van der Waals surface area contributed by atoms with Crippen molar-refractivity contribution in [3.63, 3.8) is 0 Å². The average molecular weight is 306 g/mol. The van der Waals surface area contributed by atoms with Crippen molar-refractivity contribution in [3.8, 4) is 0 Å². The number of rotatable bonds is 2. The van der Waals surface area contributed by atoms with Crippen LogP contribution in [-0.2, 0) is 7.05 Å². The minimum absolute atomic E-state index is 0.404. The van der Waals surface area contributed by atoms with Crippen LogP contribution in [0.15, 0.2) is 33.4 Å². The van der Waals surface area contributed by atoms with Gasteiger partial charge < -0.3 is 4.57 Å². The molecule has 2 aromatic rings. The molecule has 4 nitrogen and oxygen atoms in total. The lowest BCUT2D eigenvalue weighted by Gasteiger charge is -2.03. The van der Waals surface area contributed by atoms with Crippen molar-refractivity contribution in [2.75, 3.05) is 0 Å². The van der Waals surface area contributed by atoms with E-state index in [1.165, 1.54) is 18.1 Å². The summed E-state index contributed by atoms with van der Waals surface area (Å²) >= 11 is 10.6. The van der Waals surface area contributed by atoms with Gasteiger partial charge in [0.15, 0.2) is 5.16 Å². The summed E-state index contributed by atoms with van der Waals surface area (Å²) in [6.45, 7) is 0. The molecule has 0 fully saturated rings. The maximum atomic E-state index is 5.86. The number of halogens is 2. The molecule has 0 aromatic carbocycles. The van der Waals surface area contributed by atoms with Crippen molar-refractivity contribution in [2.45, 2.75) is 10.2 Å². The number of hydrogen-bond acceptors (Lipinski definition) is 4. The van der Waals surface area contributed by atoms with Gasteiger partial charge in [-0.2, -0.15) is 0 Å². The van der Waals surface area contributed by atoms with Crippen LogP contribution in [0.25, 0.3) is 0 Å². The van der Waals surface area contributed by atoms with Crippen molar-refractivity contribution in [1.29, 1.82) is 0 Å². The molecule has 0 atom stereocenters. The molecule has 0 amide bonds. The zero-order chi connectivity index (χ0) is 10.8. The Balaban J connectivity index is 2.33. The van der Waals surface area contributed by atoms with E-state index >= 15 is 0 Å².